The minimum atomic E-state index is -0.253. The minimum Gasteiger partial charge on any atom is -0.366 e. The first kappa shape index (κ1) is 26.2. The van der Waals surface area contributed by atoms with Crippen molar-refractivity contribution in [1.82, 2.24) is 0 Å². The largest absolute Gasteiger partial charge is 0.366 e. The second-order valence-electron chi connectivity index (χ2n) is 9.05. The third-order valence-corrected chi connectivity index (χ3v) is 6.30. The van der Waals surface area contributed by atoms with Crippen LogP contribution in [-0.4, -0.2) is 5.91 Å². The van der Waals surface area contributed by atoms with Crippen LogP contribution >= 0.6 is 0 Å². The molecule has 0 aromatic rings. The molecule has 0 atom stereocenters. The number of primary amides is 1. The lowest BCUT2D eigenvalue weighted by atomic mass is 9.77. The minimum absolute atomic E-state index is 0.0790. The van der Waals surface area contributed by atoms with Crippen LogP contribution in [0.4, 0.5) is 0 Å². The Balaban J connectivity index is 3.75. The lowest BCUT2D eigenvalue weighted by Gasteiger charge is -2.28. The molecule has 0 unspecified atom stereocenters. The predicted molar refractivity (Wildman–Crippen MR) is 121 cm³/mol. The molecule has 0 bridgehead atoms. The molecule has 0 aliphatic heterocycles. The van der Waals surface area contributed by atoms with Crippen molar-refractivity contribution in [3.63, 3.8) is 0 Å². The summed E-state index contributed by atoms with van der Waals surface area (Å²) in [6.45, 7) is 10.8. The quantitative estimate of drug-likeness (QED) is 0.190. The molecule has 2 nitrogen and oxygen atoms in total. The molecule has 0 radical (unpaired) electrons. The molecule has 0 aliphatic rings. The Kier molecular flexibility index (Phi) is 15.7. The van der Waals surface area contributed by atoms with Gasteiger partial charge in [-0.1, -0.05) is 117 Å². The zero-order chi connectivity index (χ0) is 20.5. The van der Waals surface area contributed by atoms with E-state index in [4.69, 9.17) is 5.73 Å². The molecule has 0 rings (SSSR count). The number of hydrogen-bond acceptors (Lipinski definition) is 1. The molecule has 0 fully saturated rings. The number of allylic oxidation sites excluding steroid dienone is 1. The van der Waals surface area contributed by atoms with Gasteiger partial charge in [0.25, 0.3) is 0 Å². The lowest BCUT2D eigenvalue weighted by molar-refractivity contribution is -0.114. The van der Waals surface area contributed by atoms with Crippen molar-refractivity contribution in [2.24, 2.45) is 11.1 Å². The monoisotopic (exact) mass is 379 g/mol. The second kappa shape index (κ2) is 16.2. The second-order valence-corrected chi connectivity index (χ2v) is 9.05. The summed E-state index contributed by atoms with van der Waals surface area (Å²) in [4.78, 5) is 11.6. The molecular formula is C25H49NO. The van der Waals surface area contributed by atoms with Gasteiger partial charge >= 0.3 is 0 Å². The maximum atomic E-state index is 11.6. The van der Waals surface area contributed by atoms with E-state index in [0.29, 0.717) is 0 Å². The molecule has 0 spiro atoms. The summed E-state index contributed by atoms with van der Waals surface area (Å²) >= 11 is 0. The van der Waals surface area contributed by atoms with Gasteiger partial charge in [0.1, 0.15) is 0 Å². The van der Waals surface area contributed by atoms with Crippen LogP contribution in [0.15, 0.2) is 11.1 Å². The Hall–Kier alpha value is -0.790. The summed E-state index contributed by atoms with van der Waals surface area (Å²) in [5.74, 6) is -0.253. The Morgan fingerprint density at radius 2 is 1.07 bits per heavy atom. The van der Waals surface area contributed by atoms with E-state index in [-0.39, 0.29) is 11.3 Å². The van der Waals surface area contributed by atoms with Crippen LogP contribution in [-0.2, 0) is 4.79 Å². The van der Waals surface area contributed by atoms with Gasteiger partial charge in [-0.3, -0.25) is 4.79 Å². The molecule has 2 N–H and O–H groups in total. The fourth-order valence-corrected chi connectivity index (χ4v) is 3.89. The highest BCUT2D eigenvalue weighted by Gasteiger charge is 2.24. The molecule has 0 saturated carbocycles. The fourth-order valence-electron chi connectivity index (χ4n) is 3.89. The average molecular weight is 380 g/mol. The van der Waals surface area contributed by atoms with Crippen LogP contribution in [0.3, 0.4) is 0 Å². The van der Waals surface area contributed by atoms with Crippen LogP contribution in [0.1, 0.15) is 137 Å². The number of rotatable bonds is 18. The predicted octanol–water partition coefficient (Wildman–Crippen LogP) is 8.10. The number of amides is 1. The highest BCUT2D eigenvalue weighted by molar-refractivity contribution is 5.92. The molecule has 0 heterocycles. The number of unbranched alkanes of at least 4 members (excludes halogenated alkanes) is 13. The van der Waals surface area contributed by atoms with Crippen molar-refractivity contribution in [2.75, 3.05) is 0 Å². The van der Waals surface area contributed by atoms with Gasteiger partial charge in [0, 0.05) is 5.57 Å². The van der Waals surface area contributed by atoms with Gasteiger partial charge in [0.2, 0.25) is 5.91 Å². The average Bonchev–Trinajstić information content (AvgIpc) is 2.64. The zero-order valence-electron chi connectivity index (χ0n) is 19.3. The number of carbonyl (C=O) groups is 1. The summed E-state index contributed by atoms with van der Waals surface area (Å²) in [6, 6.07) is 0. The summed E-state index contributed by atoms with van der Waals surface area (Å²) in [7, 11) is 0. The Morgan fingerprint density at radius 3 is 1.41 bits per heavy atom. The highest BCUT2D eigenvalue weighted by Crippen LogP contribution is 2.35. The molecule has 2 heteroatoms. The van der Waals surface area contributed by atoms with E-state index in [0.717, 1.165) is 18.4 Å². The van der Waals surface area contributed by atoms with E-state index < -0.39 is 0 Å². The lowest BCUT2D eigenvalue weighted by Crippen LogP contribution is -2.21. The molecule has 27 heavy (non-hydrogen) atoms. The summed E-state index contributed by atoms with van der Waals surface area (Å²) in [5, 5.41) is 0. The zero-order valence-corrected chi connectivity index (χ0v) is 19.3. The number of hydrogen-bond donors (Lipinski definition) is 1. The summed E-state index contributed by atoms with van der Waals surface area (Å²) < 4.78 is 0. The first-order valence-electron chi connectivity index (χ1n) is 11.9. The van der Waals surface area contributed by atoms with Gasteiger partial charge < -0.3 is 5.73 Å². The van der Waals surface area contributed by atoms with Crippen molar-refractivity contribution >= 4 is 5.91 Å². The van der Waals surface area contributed by atoms with E-state index in [1.807, 2.05) is 6.92 Å². The molecule has 0 aromatic carbocycles. The standard InChI is InChI=1S/C25H49NO/c1-6-8-9-10-11-12-13-14-15-16-17-18-19-20-21-23(22(3)24(26)27)25(4,5)7-2/h6-21H2,1-5H3,(H2,26,27)/b23-22-. The normalized spacial score (nSPS) is 12.9. The molecular weight excluding hydrogens is 330 g/mol. The van der Waals surface area contributed by atoms with Gasteiger partial charge in [0.15, 0.2) is 0 Å². The van der Waals surface area contributed by atoms with Gasteiger partial charge in [-0.15, -0.1) is 0 Å². The van der Waals surface area contributed by atoms with Gasteiger partial charge in [0.05, 0.1) is 0 Å². The van der Waals surface area contributed by atoms with Crippen LogP contribution < -0.4 is 5.73 Å². The maximum absolute atomic E-state index is 11.6. The van der Waals surface area contributed by atoms with Crippen molar-refractivity contribution in [3.05, 3.63) is 11.1 Å². The number of nitrogens with two attached hydrogens (primary N) is 1. The van der Waals surface area contributed by atoms with Gasteiger partial charge in [-0.05, 0) is 31.6 Å². The maximum Gasteiger partial charge on any atom is 0.244 e. The van der Waals surface area contributed by atoms with E-state index in [2.05, 4.69) is 27.7 Å². The molecule has 160 valence electrons. The van der Waals surface area contributed by atoms with E-state index in [9.17, 15) is 4.79 Å². The van der Waals surface area contributed by atoms with Crippen molar-refractivity contribution in [2.45, 2.75) is 137 Å². The number of carbonyl (C=O) groups excluding carboxylic acids is 1. The van der Waals surface area contributed by atoms with Crippen LogP contribution in [0.25, 0.3) is 0 Å². The Labute approximate surface area is 170 Å². The van der Waals surface area contributed by atoms with Crippen molar-refractivity contribution in [3.8, 4) is 0 Å². The SMILES string of the molecule is CCCCCCCCCCCCCCCC/C(=C(\C)C(N)=O)C(C)(C)CC. The molecule has 1 amide bonds. The Morgan fingerprint density at radius 1 is 0.704 bits per heavy atom. The van der Waals surface area contributed by atoms with E-state index >= 15 is 0 Å². The smallest absolute Gasteiger partial charge is 0.244 e. The van der Waals surface area contributed by atoms with Gasteiger partial charge in [-0.2, -0.15) is 0 Å². The fraction of sp³-hybridized carbons (Fsp3) is 0.880. The first-order valence-corrected chi connectivity index (χ1v) is 11.9. The summed E-state index contributed by atoms with van der Waals surface area (Å²) in [6.07, 6.45) is 21.4. The van der Waals surface area contributed by atoms with E-state index in [1.54, 1.807) is 0 Å². The molecule has 0 saturated heterocycles. The molecule has 0 aromatic heterocycles. The van der Waals surface area contributed by atoms with Crippen molar-refractivity contribution < 1.29 is 4.79 Å². The van der Waals surface area contributed by atoms with Crippen LogP contribution in [0, 0.1) is 5.41 Å². The first-order chi connectivity index (χ1) is 12.9. The van der Waals surface area contributed by atoms with Crippen LogP contribution in [0.5, 0.6) is 0 Å². The highest BCUT2D eigenvalue weighted by atomic mass is 16.1. The third-order valence-electron chi connectivity index (χ3n) is 6.30. The Bertz CT molecular complexity index is 409. The van der Waals surface area contributed by atoms with Crippen molar-refractivity contribution in [1.29, 1.82) is 0 Å². The third kappa shape index (κ3) is 13.1. The van der Waals surface area contributed by atoms with Gasteiger partial charge in [-0.25, -0.2) is 0 Å². The topological polar surface area (TPSA) is 43.1 Å². The molecule has 0 aliphatic carbocycles. The van der Waals surface area contributed by atoms with E-state index in [1.165, 1.54) is 95.5 Å². The van der Waals surface area contributed by atoms with Crippen LogP contribution in [0.2, 0.25) is 0 Å². The summed E-state index contributed by atoms with van der Waals surface area (Å²) in [5.41, 5.74) is 7.68.